The zero-order valence-corrected chi connectivity index (χ0v) is 16.5. The minimum absolute atomic E-state index is 0.193. The van der Waals surface area contributed by atoms with Crippen LogP contribution in [0.5, 0.6) is 0 Å². The van der Waals surface area contributed by atoms with Gasteiger partial charge < -0.3 is 15.1 Å². The molecule has 0 aromatic carbocycles. The Morgan fingerprint density at radius 2 is 1.82 bits per heavy atom. The van der Waals surface area contributed by atoms with Crippen LogP contribution in [0.4, 0.5) is 10.6 Å². The van der Waals surface area contributed by atoms with E-state index in [0.717, 1.165) is 30.0 Å². The number of aromatic nitrogens is 1. The molecule has 28 heavy (non-hydrogen) atoms. The quantitative estimate of drug-likeness (QED) is 0.610. The van der Waals surface area contributed by atoms with Crippen LogP contribution in [0.15, 0.2) is 18.2 Å². The van der Waals surface area contributed by atoms with Crippen LogP contribution >= 0.6 is 11.6 Å². The molecule has 8 nitrogen and oxygen atoms in total. The van der Waals surface area contributed by atoms with Crippen LogP contribution in [0.1, 0.15) is 32.1 Å². The van der Waals surface area contributed by atoms with Gasteiger partial charge in [-0.3, -0.25) is 14.5 Å². The van der Waals surface area contributed by atoms with Crippen molar-refractivity contribution >= 4 is 35.3 Å². The van der Waals surface area contributed by atoms with Gasteiger partial charge in [-0.15, -0.1) is 0 Å². The maximum atomic E-state index is 12.8. The molecule has 0 atom stereocenters. The number of pyridine rings is 1. The summed E-state index contributed by atoms with van der Waals surface area (Å²) in [6, 6.07) is 5.02. The summed E-state index contributed by atoms with van der Waals surface area (Å²) >= 11 is 5.95. The van der Waals surface area contributed by atoms with Gasteiger partial charge in [0.05, 0.1) is 0 Å². The molecule has 4 rings (SSSR count). The number of anilines is 1. The standard InChI is InChI=1S/C19H24ClN5O3/c20-14-5-4-6-15(21-14)23-9-11-24(12-10-23)16(26)13-25-17(27)19(22-18(25)28)7-2-1-3-8-19/h4-6H,1-3,7-13H2,(H,22,28). The smallest absolute Gasteiger partial charge is 0.325 e. The molecule has 2 aliphatic heterocycles. The lowest BCUT2D eigenvalue weighted by atomic mass is 9.82. The molecule has 150 valence electrons. The Morgan fingerprint density at radius 3 is 2.50 bits per heavy atom. The fourth-order valence-electron chi connectivity index (χ4n) is 4.31. The van der Waals surface area contributed by atoms with Crippen LogP contribution in [0.2, 0.25) is 5.15 Å². The topological polar surface area (TPSA) is 85.8 Å². The van der Waals surface area contributed by atoms with Gasteiger partial charge >= 0.3 is 6.03 Å². The van der Waals surface area contributed by atoms with Crippen molar-refractivity contribution in [1.29, 1.82) is 0 Å². The number of hydrogen-bond acceptors (Lipinski definition) is 5. The number of amides is 4. The van der Waals surface area contributed by atoms with E-state index in [-0.39, 0.29) is 18.4 Å². The molecule has 0 radical (unpaired) electrons. The zero-order chi connectivity index (χ0) is 19.7. The lowest BCUT2D eigenvalue weighted by Gasteiger charge is -2.36. The second kappa shape index (κ2) is 7.58. The van der Waals surface area contributed by atoms with Crippen molar-refractivity contribution in [3.8, 4) is 0 Å². The molecule has 3 aliphatic rings. The zero-order valence-electron chi connectivity index (χ0n) is 15.7. The number of piperazine rings is 1. The van der Waals surface area contributed by atoms with Gasteiger partial charge in [0.2, 0.25) is 5.91 Å². The molecule has 1 aromatic heterocycles. The number of nitrogens with one attached hydrogen (secondary N) is 1. The first-order valence-electron chi connectivity index (χ1n) is 9.78. The average molecular weight is 406 g/mol. The Bertz CT molecular complexity index is 788. The highest BCUT2D eigenvalue weighted by Gasteiger charge is 2.51. The lowest BCUT2D eigenvalue weighted by molar-refractivity contribution is -0.139. The normalized spacial score (nSPS) is 22.0. The summed E-state index contributed by atoms with van der Waals surface area (Å²) in [4.78, 5) is 47.0. The number of hydrogen-bond donors (Lipinski definition) is 1. The Kier molecular flexibility index (Phi) is 5.14. The highest BCUT2D eigenvalue weighted by Crippen LogP contribution is 2.33. The third kappa shape index (κ3) is 3.53. The highest BCUT2D eigenvalue weighted by molar-refractivity contribution is 6.29. The number of rotatable bonds is 3. The first-order valence-corrected chi connectivity index (χ1v) is 10.2. The van der Waals surface area contributed by atoms with E-state index in [2.05, 4.69) is 15.2 Å². The molecule has 3 fully saturated rings. The van der Waals surface area contributed by atoms with Gasteiger partial charge in [-0.05, 0) is 25.0 Å². The van der Waals surface area contributed by atoms with E-state index in [9.17, 15) is 14.4 Å². The minimum atomic E-state index is -0.785. The second-order valence-electron chi connectivity index (χ2n) is 7.65. The number of carbonyl (C=O) groups excluding carboxylic acids is 3. The largest absolute Gasteiger partial charge is 0.353 e. The summed E-state index contributed by atoms with van der Waals surface area (Å²) in [5.41, 5.74) is -0.785. The van der Waals surface area contributed by atoms with Gasteiger partial charge in [-0.2, -0.15) is 0 Å². The summed E-state index contributed by atoms with van der Waals surface area (Å²) in [5.74, 6) is 0.343. The summed E-state index contributed by atoms with van der Waals surface area (Å²) in [7, 11) is 0. The minimum Gasteiger partial charge on any atom is -0.353 e. The van der Waals surface area contributed by atoms with E-state index < -0.39 is 11.6 Å². The van der Waals surface area contributed by atoms with Crippen molar-refractivity contribution in [1.82, 2.24) is 20.1 Å². The maximum Gasteiger partial charge on any atom is 0.325 e. The van der Waals surface area contributed by atoms with E-state index >= 15 is 0 Å². The molecule has 3 heterocycles. The Hall–Kier alpha value is -2.35. The third-order valence-corrected chi connectivity index (χ3v) is 6.11. The predicted octanol–water partition coefficient (Wildman–Crippen LogP) is 1.64. The maximum absolute atomic E-state index is 12.8. The van der Waals surface area contributed by atoms with E-state index in [1.165, 1.54) is 0 Å². The lowest BCUT2D eigenvalue weighted by Crippen LogP contribution is -2.52. The summed E-state index contributed by atoms with van der Waals surface area (Å²) in [5, 5.41) is 3.29. The third-order valence-electron chi connectivity index (χ3n) is 5.90. The highest BCUT2D eigenvalue weighted by atomic mass is 35.5. The van der Waals surface area contributed by atoms with Crippen molar-refractivity contribution in [3.63, 3.8) is 0 Å². The van der Waals surface area contributed by atoms with E-state index in [1.54, 1.807) is 11.0 Å². The van der Waals surface area contributed by atoms with Crippen LogP contribution < -0.4 is 10.2 Å². The van der Waals surface area contributed by atoms with Crippen molar-refractivity contribution in [2.24, 2.45) is 0 Å². The molecule has 1 spiro atoms. The predicted molar refractivity (Wildman–Crippen MR) is 104 cm³/mol. The van der Waals surface area contributed by atoms with E-state index in [4.69, 9.17) is 11.6 Å². The molecule has 0 bridgehead atoms. The van der Waals surface area contributed by atoms with Gasteiger partial charge in [-0.25, -0.2) is 9.78 Å². The Labute approximate surface area is 168 Å². The molecule has 2 saturated heterocycles. The van der Waals surface area contributed by atoms with Crippen LogP contribution in [0.3, 0.4) is 0 Å². The molecule has 1 saturated carbocycles. The molecule has 0 unspecified atom stereocenters. The number of halogens is 1. The number of imide groups is 1. The van der Waals surface area contributed by atoms with Gasteiger partial charge in [0.25, 0.3) is 5.91 Å². The molecule has 1 N–H and O–H groups in total. The fraction of sp³-hybridized carbons (Fsp3) is 0.579. The SMILES string of the molecule is O=C(CN1C(=O)NC2(CCCCC2)C1=O)N1CCN(c2cccc(Cl)n2)CC1. The van der Waals surface area contributed by atoms with Crippen molar-refractivity contribution in [2.75, 3.05) is 37.6 Å². The Balaban J connectivity index is 1.34. The van der Waals surface area contributed by atoms with Crippen molar-refractivity contribution in [3.05, 3.63) is 23.4 Å². The van der Waals surface area contributed by atoms with Crippen LogP contribution in [-0.2, 0) is 9.59 Å². The van der Waals surface area contributed by atoms with Crippen LogP contribution in [-0.4, -0.2) is 70.9 Å². The summed E-state index contributed by atoms with van der Waals surface area (Å²) in [6.07, 6.45) is 4.25. The summed E-state index contributed by atoms with van der Waals surface area (Å²) < 4.78 is 0. The number of urea groups is 1. The van der Waals surface area contributed by atoms with Gasteiger partial charge in [0.15, 0.2) is 0 Å². The molecule has 1 aliphatic carbocycles. The average Bonchev–Trinajstić information content (AvgIpc) is 2.92. The molecule has 9 heteroatoms. The van der Waals surface area contributed by atoms with Crippen LogP contribution in [0, 0.1) is 0 Å². The van der Waals surface area contributed by atoms with Crippen molar-refractivity contribution in [2.45, 2.75) is 37.6 Å². The monoisotopic (exact) mass is 405 g/mol. The van der Waals surface area contributed by atoms with E-state index in [1.807, 2.05) is 12.1 Å². The van der Waals surface area contributed by atoms with E-state index in [0.29, 0.717) is 44.2 Å². The fourth-order valence-corrected chi connectivity index (χ4v) is 4.47. The van der Waals surface area contributed by atoms with Gasteiger partial charge in [0, 0.05) is 26.2 Å². The first-order chi connectivity index (χ1) is 13.5. The van der Waals surface area contributed by atoms with Gasteiger partial charge in [-0.1, -0.05) is 36.9 Å². The molecule has 4 amide bonds. The number of carbonyl (C=O) groups is 3. The van der Waals surface area contributed by atoms with Crippen molar-refractivity contribution < 1.29 is 14.4 Å². The Morgan fingerprint density at radius 1 is 1.11 bits per heavy atom. The molecular weight excluding hydrogens is 382 g/mol. The number of nitrogens with zero attached hydrogens (tertiary/aromatic N) is 4. The van der Waals surface area contributed by atoms with Crippen LogP contribution in [0.25, 0.3) is 0 Å². The molecular formula is C19H24ClN5O3. The summed E-state index contributed by atoms with van der Waals surface area (Å²) in [6.45, 7) is 2.10. The van der Waals surface area contributed by atoms with Gasteiger partial charge in [0.1, 0.15) is 23.1 Å². The first kappa shape index (κ1) is 19.0. The molecule has 1 aromatic rings. The second-order valence-corrected chi connectivity index (χ2v) is 8.04.